The van der Waals surface area contributed by atoms with E-state index in [9.17, 15) is 9.90 Å². The average molecular weight is 179 g/mol. The van der Waals surface area contributed by atoms with Gasteiger partial charge >= 0.3 is 0 Å². The molecule has 13 heavy (non-hydrogen) atoms. The fraction of sp³-hybridized carbons (Fsp3) is 0.250. The summed E-state index contributed by atoms with van der Waals surface area (Å²) in [7, 11) is 0. The summed E-state index contributed by atoms with van der Waals surface area (Å²) in [6, 6.07) is 0. The number of rotatable bonds is 0. The van der Waals surface area contributed by atoms with Gasteiger partial charge in [0.05, 0.1) is 12.0 Å². The molecular formula is C8H9N3O2. The van der Waals surface area contributed by atoms with Gasteiger partial charge in [-0.05, 0) is 18.6 Å². The second kappa shape index (κ2) is 2.27. The van der Waals surface area contributed by atoms with Crippen LogP contribution in [0.4, 0.5) is 0 Å². The Labute approximate surface area is 74.3 Å². The number of nitrogens with one attached hydrogen (secondary N) is 1. The van der Waals surface area contributed by atoms with E-state index in [-0.39, 0.29) is 5.69 Å². The molecule has 1 aliphatic rings. The van der Waals surface area contributed by atoms with Crippen LogP contribution in [0, 0.1) is 0 Å². The largest absolute Gasteiger partial charge is 0.366 e. The third-order valence-electron chi connectivity index (χ3n) is 2.04. The lowest BCUT2D eigenvalue weighted by atomic mass is 9.94. The van der Waals surface area contributed by atoms with Crippen molar-refractivity contribution in [1.82, 2.24) is 9.97 Å². The van der Waals surface area contributed by atoms with Crippen LogP contribution in [0.3, 0.4) is 0 Å². The highest BCUT2D eigenvalue weighted by Gasteiger charge is 2.37. The summed E-state index contributed by atoms with van der Waals surface area (Å²) in [6.45, 7) is 1.74. The van der Waals surface area contributed by atoms with Gasteiger partial charge in [-0.1, -0.05) is 0 Å². The maximum absolute atomic E-state index is 11.5. The molecule has 0 amide bonds. The minimum atomic E-state index is -1.90. The van der Waals surface area contributed by atoms with Crippen LogP contribution in [0.15, 0.2) is 12.4 Å². The smallest absolute Gasteiger partial charge is 0.231 e. The molecule has 0 aliphatic heterocycles. The highest BCUT2D eigenvalue weighted by Crippen LogP contribution is 2.25. The Morgan fingerprint density at radius 1 is 1.69 bits per heavy atom. The van der Waals surface area contributed by atoms with Crippen molar-refractivity contribution in [3.05, 3.63) is 23.8 Å². The van der Waals surface area contributed by atoms with Gasteiger partial charge in [0.2, 0.25) is 5.78 Å². The number of nitrogens with two attached hydrogens (primary N) is 1. The zero-order chi connectivity index (χ0) is 9.64. The van der Waals surface area contributed by atoms with Crippen LogP contribution in [-0.4, -0.2) is 26.6 Å². The summed E-state index contributed by atoms with van der Waals surface area (Å²) >= 11 is 0. The average Bonchev–Trinajstić information content (AvgIpc) is 2.47. The molecule has 1 atom stereocenters. The summed E-state index contributed by atoms with van der Waals surface area (Å²) in [5.74, 6) is -0.550. The summed E-state index contributed by atoms with van der Waals surface area (Å²) in [5, 5.41) is 9.48. The van der Waals surface area contributed by atoms with E-state index < -0.39 is 11.5 Å². The Morgan fingerprint density at radius 2 is 2.38 bits per heavy atom. The highest BCUT2D eigenvalue weighted by molar-refractivity contribution is 6.08. The second-order valence-corrected chi connectivity index (χ2v) is 3.11. The Kier molecular flexibility index (Phi) is 1.43. The van der Waals surface area contributed by atoms with E-state index in [2.05, 4.69) is 9.97 Å². The third kappa shape index (κ3) is 1.01. The molecule has 1 aromatic rings. The van der Waals surface area contributed by atoms with Crippen molar-refractivity contribution >= 4 is 11.4 Å². The number of nitrogens with zero attached hydrogens (tertiary/aromatic N) is 1. The molecule has 1 aliphatic carbocycles. The number of H-pyrrole nitrogens is 1. The van der Waals surface area contributed by atoms with Gasteiger partial charge in [-0.15, -0.1) is 0 Å². The Morgan fingerprint density at radius 3 is 3.08 bits per heavy atom. The predicted octanol–water partition coefficient (Wildman–Crippen LogP) is -0.343. The van der Waals surface area contributed by atoms with E-state index in [1.807, 2.05) is 0 Å². The zero-order valence-electron chi connectivity index (χ0n) is 7.03. The standard InChI is InChI=1S/C8H9N3O2/c1-4-2-8(9,13)7(12)6-5(4)10-3-11-6/h2-3,13H,9H2,1H3,(H,10,11). The SMILES string of the molecule is CC1=CC(N)(O)C(=O)c2[nH]cnc21. The number of Topliss-reactive ketones (excluding diaryl/α,β-unsaturated/α-hetero) is 1. The van der Waals surface area contributed by atoms with Crippen LogP contribution >= 0.6 is 0 Å². The molecule has 5 heteroatoms. The monoisotopic (exact) mass is 179 g/mol. The maximum atomic E-state index is 11.5. The topological polar surface area (TPSA) is 92.0 Å². The van der Waals surface area contributed by atoms with Crippen molar-refractivity contribution in [2.75, 3.05) is 0 Å². The fourth-order valence-electron chi connectivity index (χ4n) is 1.43. The van der Waals surface area contributed by atoms with Crippen LogP contribution in [0.2, 0.25) is 0 Å². The predicted molar refractivity (Wildman–Crippen MR) is 45.7 cm³/mol. The Bertz CT molecular complexity index is 403. The second-order valence-electron chi connectivity index (χ2n) is 3.11. The fourth-order valence-corrected chi connectivity index (χ4v) is 1.43. The lowest BCUT2D eigenvalue weighted by Crippen LogP contribution is -2.48. The molecule has 5 nitrogen and oxygen atoms in total. The van der Waals surface area contributed by atoms with Gasteiger partial charge in [-0.3, -0.25) is 10.5 Å². The first kappa shape index (κ1) is 8.15. The minimum Gasteiger partial charge on any atom is -0.366 e. The molecule has 4 N–H and O–H groups in total. The summed E-state index contributed by atoms with van der Waals surface area (Å²) in [4.78, 5) is 18.0. The number of fused-ring (bicyclic) bond motifs is 1. The van der Waals surface area contributed by atoms with Gasteiger partial charge in [0, 0.05) is 0 Å². The van der Waals surface area contributed by atoms with Gasteiger partial charge in [0.15, 0.2) is 5.72 Å². The summed E-state index contributed by atoms with van der Waals surface area (Å²) < 4.78 is 0. The molecule has 0 aromatic carbocycles. The number of carbonyl (C=O) groups is 1. The first-order chi connectivity index (χ1) is 6.02. The normalized spacial score (nSPS) is 27.0. The molecular weight excluding hydrogens is 170 g/mol. The summed E-state index contributed by atoms with van der Waals surface area (Å²) in [5.41, 5.74) is 4.99. The zero-order valence-corrected chi connectivity index (χ0v) is 7.03. The molecule has 1 aromatic heterocycles. The van der Waals surface area contributed by atoms with E-state index in [0.717, 1.165) is 0 Å². The van der Waals surface area contributed by atoms with E-state index in [1.165, 1.54) is 12.4 Å². The van der Waals surface area contributed by atoms with Gasteiger partial charge in [0.25, 0.3) is 0 Å². The van der Waals surface area contributed by atoms with Crippen molar-refractivity contribution < 1.29 is 9.90 Å². The molecule has 0 fully saturated rings. The van der Waals surface area contributed by atoms with Crippen molar-refractivity contribution in [3.63, 3.8) is 0 Å². The van der Waals surface area contributed by atoms with E-state index in [4.69, 9.17) is 5.73 Å². The molecule has 0 bridgehead atoms. The number of aromatic nitrogens is 2. The number of allylic oxidation sites excluding steroid dienone is 1. The van der Waals surface area contributed by atoms with Gasteiger partial charge in [-0.2, -0.15) is 0 Å². The molecule has 2 rings (SSSR count). The number of aliphatic hydroxyl groups is 1. The van der Waals surface area contributed by atoms with E-state index >= 15 is 0 Å². The first-order valence-corrected chi connectivity index (χ1v) is 3.81. The van der Waals surface area contributed by atoms with Crippen LogP contribution in [-0.2, 0) is 0 Å². The number of hydrogen-bond donors (Lipinski definition) is 3. The molecule has 0 radical (unpaired) electrons. The van der Waals surface area contributed by atoms with Crippen molar-refractivity contribution in [2.45, 2.75) is 12.6 Å². The van der Waals surface area contributed by atoms with E-state index in [0.29, 0.717) is 11.3 Å². The van der Waals surface area contributed by atoms with Crippen LogP contribution < -0.4 is 5.73 Å². The maximum Gasteiger partial charge on any atom is 0.231 e. The number of imidazole rings is 1. The van der Waals surface area contributed by atoms with Gasteiger partial charge < -0.3 is 10.1 Å². The van der Waals surface area contributed by atoms with Gasteiger partial charge in [0.1, 0.15) is 5.69 Å². The summed E-state index contributed by atoms with van der Waals surface area (Å²) in [6.07, 6.45) is 2.71. The third-order valence-corrected chi connectivity index (χ3v) is 2.04. The van der Waals surface area contributed by atoms with Crippen LogP contribution in [0.5, 0.6) is 0 Å². The number of hydrogen-bond acceptors (Lipinski definition) is 4. The molecule has 0 saturated heterocycles. The lowest BCUT2D eigenvalue weighted by Gasteiger charge is -2.22. The van der Waals surface area contributed by atoms with Crippen LogP contribution in [0.1, 0.15) is 23.1 Å². The molecule has 1 heterocycles. The Balaban J connectivity index is 2.66. The molecule has 0 saturated carbocycles. The van der Waals surface area contributed by atoms with Crippen LogP contribution in [0.25, 0.3) is 5.57 Å². The Hall–Kier alpha value is -1.46. The first-order valence-electron chi connectivity index (χ1n) is 3.81. The van der Waals surface area contributed by atoms with Crippen molar-refractivity contribution in [2.24, 2.45) is 5.73 Å². The van der Waals surface area contributed by atoms with Crippen molar-refractivity contribution in [1.29, 1.82) is 0 Å². The number of aromatic amines is 1. The molecule has 0 spiro atoms. The quantitative estimate of drug-likeness (QED) is 0.475. The number of carbonyl (C=O) groups excluding carboxylic acids is 1. The molecule has 68 valence electrons. The van der Waals surface area contributed by atoms with Gasteiger partial charge in [-0.25, -0.2) is 4.98 Å². The highest BCUT2D eigenvalue weighted by atomic mass is 16.3. The number of ketones is 1. The minimum absolute atomic E-state index is 0.269. The lowest BCUT2D eigenvalue weighted by molar-refractivity contribution is 0.0540. The van der Waals surface area contributed by atoms with Crippen molar-refractivity contribution in [3.8, 4) is 0 Å². The molecule has 1 unspecified atom stereocenters. The van der Waals surface area contributed by atoms with E-state index in [1.54, 1.807) is 6.92 Å².